The first-order chi connectivity index (χ1) is 14.2. The summed E-state index contributed by atoms with van der Waals surface area (Å²) in [6.45, 7) is 0. The minimum Gasteiger partial charge on any atom is -0.354 e. The molecule has 7 heteroatoms. The van der Waals surface area contributed by atoms with Crippen molar-refractivity contribution in [2.45, 2.75) is 0 Å². The molecule has 3 heterocycles. The van der Waals surface area contributed by atoms with Gasteiger partial charge in [-0.25, -0.2) is 15.0 Å². The molecule has 0 aliphatic heterocycles. The lowest BCUT2D eigenvalue weighted by Crippen LogP contribution is -2.19. The first-order valence-electron chi connectivity index (χ1n) is 8.87. The fourth-order valence-electron chi connectivity index (χ4n) is 3.08. The van der Waals surface area contributed by atoms with E-state index >= 15 is 0 Å². The molecular weight excluding hydrogens is 364 g/mol. The predicted octanol–water partition coefficient (Wildman–Crippen LogP) is 3.34. The van der Waals surface area contributed by atoms with E-state index in [1.165, 1.54) is 13.4 Å². The lowest BCUT2D eigenvalue weighted by Gasteiger charge is -2.05. The van der Waals surface area contributed by atoms with Gasteiger partial charge < -0.3 is 10.3 Å². The van der Waals surface area contributed by atoms with Crippen molar-refractivity contribution in [1.82, 2.24) is 25.3 Å². The zero-order valence-corrected chi connectivity index (χ0v) is 15.5. The molecule has 0 bridgehead atoms. The minimum atomic E-state index is -0.414. The summed E-state index contributed by atoms with van der Waals surface area (Å²) in [4.78, 5) is 27.7. The van der Waals surface area contributed by atoms with Crippen LogP contribution < -0.4 is 5.32 Å². The molecule has 3 aromatic heterocycles. The molecule has 1 aromatic carbocycles. The molecule has 0 aliphatic rings. The first kappa shape index (κ1) is 18.1. The Hall–Kier alpha value is -4.31. The van der Waals surface area contributed by atoms with E-state index in [1.807, 2.05) is 48.7 Å². The van der Waals surface area contributed by atoms with Gasteiger partial charge in [0.05, 0.1) is 5.69 Å². The van der Waals surface area contributed by atoms with Crippen LogP contribution >= 0.6 is 0 Å². The van der Waals surface area contributed by atoms with E-state index in [-0.39, 0.29) is 5.57 Å². The van der Waals surface area contributed by atoms with Crippen LogP contribution in [0.2, 0.25) is 0 Å². The molecule has 0 atom stereocenters. The highest BCUT2D eigenvalue weighted by molar-refractivity contribution is 6.01. The summed E-state index contributed by atoms with van der Waals surface area (Å²) in [6, 6.07) is 13.4. The maximum atomic E-state index is 11.8. The number of pyridine rings is 1. The third-order valence-corrected chi connectivity index (χ3v) is 4.51. The number of carbonyl (C=O) groups is 1. The second-order valence-corrected chi connectivity index (χ2v) is 6.29. The van der Waals surface area contributed by atoms with Crippen LogP contribution in [0.4, 0.5) is 0 Å². The summed E-state index contributed by atoms with van der Waals surface area (Å²) in [7, 11) is 1.50. The van der Waals surface area contributed by atoms with Crippen LogP contribution in [-0.2, 0) is 4.79 Å². The molecule has 4 aromatic rings. The highest BCUT2D eigenvalue weighted by Crippen LogP contribution is 2.30. The van der Waals surface area contributed by atoms with Crippen molar-refractivity contribution < 1.29 is 4.79 Å². The van der Waals surface area contributed by atoms with Gasteiger partial charge in [0.15, 0.2) is 0 Å². The number of aromatic nitrogens is 4. The Bertz CT molecular complexity index is 1270. The number of amides is 1. The van der Waals surface area contributed by atoms with E-state index in [2.05, 4.69) is 25.3 Å². The molecule has 140 valence electrons. The normalized spacial score (nSPS) is 11.2. The van der Waals surface area contributed by atoms with Crippen molar-refractivity contribution in [2.24, 2.45) is 0 Å². The number of likely N-dealkylation sites (N-methyl/N-ethyl adjacent to an activating group) is 1. The van der Waals surface area contributed by atoms with Gasteiger partial charge >= 0.3 is 0 Å². The third-order valence-electron chi connectivity index (χ3n) is 4.51. The SMILES string of the molecule is CNC(=O)C(C#N)=Cc1cccc(-c2cnc3[nH]cc(-c4ccncn4)c3c2)c1. The van der Waals surface area contributed by atoms with Crippen LogP contribution in [0.3, 0.4) is 0 Å². The number of nitrogens with zero attached hydrogens (tertiary/aromatic N) is 4. The van der Waals surface area contributed by atoms with Crippen LogP contribution in [0.25, 0.3) is 39.5 Å². The summed E-state index contributed by atoms with van der Waals surface area (Å²) in [5.74, 6) is -0.414. The second-order valence-electron chi connectivity index (χ2n) is 6.29. The zero-order valence-electron chi connectivity index (χ0n) is 15.5. The van der Waals surface area contributed by atoms with Crippen LogP contribution in [-0.4, -0.2) is 32.9 Å². The van der Waals surface area contributed by atoms with Gasteiger partial charge in [-0.05, 0) is 35.4 Å². The molecule has 0 saturated heterocycles. The van der Waals surface area contributed by atoms with Crippen molar-refractivity contribution in [3.05, 3.63) is 72.5 Å². The third kappa shape index (κ3) is 3.59. The molecule has 1 amide bonds. The van der Waals surface area contributed by atoms with Crippen LogP contribution in [0.1, 0.15) is 5.56 Å². The average molecular weight is 380 g/mol. The lowest BCUT2D eigenvalue weighted by molar-refractivity contribution is -0.116. The number of aromatic amines is 1. The molecule has 0 saturated carbocycles. The summed E-state index contributed by atoms with van der Waals surface area (Å²) in [6.07, 6.45) is 8.45. The van der Waals surface area contributed by atoms with Crippen molar-refractivity contribution in [1.29, 1.82) is 5.26 Å². The maximum absolute atomic E-state index is 11.8. The molecule has 2 N–H and O–H groups in total. The summed E-state index contributed by atoms with van der Waals surface area (Å²) < 4.78 is 0. The Morgan fingerprint density at radius 2 is 2.10 bits per heavy atom. The second kappa shape index (κ2) is 7.74. The molecule has 0 fully saturated rings. The molecule has 0 spiro atoms. The van der Waals surface area contributed by atoms with Crippen molar-refractivity contribution in [3.8, 4) is 28.5 Å². The minimum absolute atomic E-state index is 0.0508. The quantitative estimate of drug-likeness (QED) is 0.417. The van der Waals surface area contributed by atoms with Gasteiger partial charge in [0.1, 0.15) is 23.6 Å². The van der Waals surface area contributed by atoms with Crippen molar-refractivity contribution >= 4 is 23.0 Å². The van der Waals surface area contributed by atoms with E-state index in [0.29, 0.717) is 0 Å². The molecule has 4 rings (SSSR count). The molecule has 0 radical (unpaired) electrons. The summed E-state index contributed by atoms with van der Waals surface area (Å²) in [5, 5.41) is 12.6. The van der Waals surface area contributed by atoms with Crippen LogP contribution in [0, 0.1) is 11.3 Å². The molecule has 0 aliphatic carbocycles. The number of nitriles is 1. The average Bonchev–Trinajstić information content (AvgIpc) is 3.21. The van der Waals surface area contributed by atoms with Gasteiger partial charge in [0.25, 0.3) is 5.91 Å². The predicted molar refractivity (Wildman–Crippen MR) is 110 cm³/mol. The van der Waals surface area contributed by atoms with Gasteiger partial charge in [0.2, 0.25) is 0 Å². The topological polar surface area (TPSA) is 107 Å². The van der Waals surface area contributed by atoms with Gasteiger partial charge in [-0.3, -0.25) is 4.79 Å². The fraction of sp³-hybridized carbons (Fsp3) is 0.0455. The van der Waals surface area contributed by atoms with E-state index in [4.69, 9.17) is 0 Å². The summed E-state index contributed by atoms with van der Waals surface area (Å²) >= 11 is 0. The fourth-order valence-corrected chi connectivity index (χ4v) is 3.08. The number of rotatable bonds is 4. The van der Waals surface area contributed by atoms with Gasteiger partial charge in [-0.2, -0.15) is 5.26 Å². The number of H-pyrrole nitrogens is 1. The first-order valence-corrected chi connectivity index (χ1v) is 8.87. The highest BCUT2D eigenvalue weighted by atomic mass is 16.1. The van der Waals surface area contributed by atoms with Crippen LogP contribution in [0.5, 0.6) is 0 Å². The van der Waals surface area contributed by atoms with E-state index in [0.717, 1.165) is 39.0 Å². The van der Waals surface area contributed by atoms with Crippen molar-refractivity contribution in [2.75, 3.05) is 7.05 Å². The standard InChI is InChI=1S/C22H16N6O/c1-24-22(29)16(10-23)8-14-3-2-4-15(7-14)17-9-18-19(12-27-21(18)26-11-17)20-5-6-25-13-28-20/h2-9,11-13H,1H3,(H,24,29)(H,26,27). The Balaban J connectivity index is 1.77. The van der Waals surface area contributed by atoms with E-state index in [1.54, 1.807) is 18.5 Å². The largest absolute Gasteiger partial charge is 0.354 e. The molecular formula is C22H16N6O. The monoisotopic (exact) mass is 380 g/mol. The smallest absolute Gasteiger partial charge is 0.261 e. The van der Waals surface area contributed by atoms with Crippen molar-refractivity contribution in [3.63, 3.8) is 0 Å². The maximum Gasteiger partial charge on any atom is 0.261 e. The number of nitrogens with one attached hydrogen (secondary N) is 2. The number of hydrogen-bond donors (Lipinski definition) is 2. The van der Waals surface area contributed by atoms with Gasteiger partial charge in [0, 0.05) is 42.2 Å². The highest BCUT2D eigenvalue weighted by Gasteiger charge is 2.11. The Morgan fingerprint density at radius 3 is 2.86 bits per heavy atom. The lowest BCUT2D eigenvalue weighted by atomic mass is 10.0. The number of benzene rings is 1. The number of carbonyl (C=O) groups excluding carboxylic acids is 1. The number of hydrogen-bond acceptors (Lipinski definition) is 5. The molecule has 0 unspecified atom stereocenters. The summed E-state index contributed by atoms with van der Waals surface area (Å²) in [5.41, 5.74) is 5.18. The Kier molecular flexibility index (Phi) is 4.82. The van der Waals surface area contributed by atoms with Crippen LogP contribution in [0.15, 0.2) is 66.9 Å². The molecule has 7 nitrogen and oxygen atoms in total. The Morgan fingerprint density at radius 1 is 1.21 bits per heavy atom. The Labute approximate surface area is 166 Å². The number of fused-ring (bicyclic) bond motifs is 1. The van der Waals surface area contributed by atoms with E-state index < -0.39 is 5.91 Å². The van der Waals surface area contributed by atoms with E-state index in [9.17, 15) is 10.1 Å². The van der Waals surface area contributed by atoms with Gasteiger partial charge in [-0.1, -0.05) is 18.2 Å². The zero-order chi connectivity index (χ0) is 20.2. The molecule has 29 heavy (non-hydrogen) atoms. The van der Waals surface area contributed by atoms with Gasteiger partial charge in [-0.15, -0.1) is 0 Å².